The van der Waals surface area contributed by atoms with Crippen molar-refractivity contribution in [1.82, 2.24) is 40.1 Å². The zero-order valence-electron chi connectivity index (χ0n) is 13.8. The number of fused-ring (bicyclic) bond motifs is 2. The zero-order chi connectivity index (χ0) is 18.6. The van der Waals surface area contributed by atoms with Gasteiger partial charge in [-0.15, -0.1) is 10.2 Å². The summed E-state index contributed by atoms with van der Waals surface area (Å²) in [5.74, 6) is -0.604. The van der Waals surface area contributed by atoms with Gasteiger partial charge in [0.2, 0.25) is 11.8 Å². The Bertz CT molecular complexity index is 1030. The molecule has 4 aromatic heterocycles. The van der Waals surface area contributed by atoms with Crippen molar-refractivity contribution < 1.29 is 19.1 Å². The lowest BCUT2D eigenvalue weighted by Crippen LogP contribution is -2.14. The monoisotopic (exact) mass is 368 g/mol. The van der Waals surface area contributed by atoms with Gasteiger partial charge in [0.25, 0.3) is 0 Å². The fourth-order valence-corrected chi connectivity index (χ4v) is 2.35. The number of esters is 2. The standard InChI is InChI=1S/C15H12N8O4/c24-14(26-12-6-1-4-10-16-18-20-22(10)12)8-3-9-15(25)27-13-7-2-5-11-17-19-21-23(11)13/h1-2,4-7H,3,8-9H2. The highest BCUT2D eigenvalue weighted by Gasteiger charge is 2.13. The van der Waals surface area contributed by atoms with Gasteiger partial charge in [0.1, 0.15) is 0 Å². The Hall–Kier alpha value is -3.96. The predicted molar refractivity (Wildman–Crippen MR) is 86.7 cm³/mol. The van der Waals surface area contributed by atoms with Crippen molar-refractivity contribution in [2.45, 2.75) is 19.3 Å². The topological polar surface area (TPSA) is 139 Å². The molecule has 12 heteroatoms. The van der Waals surface area contributed by atoms with E-state index >= 15 is 0 Å². The number of nitrogens with zero attached hydrogens (tertiary/aromatic N) is 8. The van der Waals surface area contributed by atoms with Crippen LogP contribution in [0.3, 0.4) is 0 Å². The van der Waals surface area contributed by atoms with Crippen LogP contribution in [0.2, 0.25) is 0 Å². The Labute approximate surface area is 150 Å². The molecule has 0 bridgehead atoms. The molecule has 0 fully saturated rings. The van der Waals surface area contributed by atoms with Crippen LogP contribution >= 0.6 is 0 Å². The van der Waals surface area contributed by atoms with Crippen LogP contribution in [-0.4, -0.2) is 52.0 Å². The summed E-state index contributed by atoms with van der Waals surface area (Å²) >= 11 is 0. The SMILES string of the molecule is O=C(CCCC(=O)Oc1cccc2nnnn12)Oc1cccc2nnnn12. The second-order valence-electron chi connectivity index (χ2n) is 5.43. The van der Waals surface area contributed by atoms with E-state index in [9.17, 15) is 9.59 Å². The van der Waals surface area contributed by atoms with Crippen LogP contribution in [0.4, 0.5) is 0 Å². The molecule has 12 nitrogen and oxygen atoms in total. The van der Waals surface area contributed by atoms with Crippen LogP contribution in [-0.2, 0) is 9.59 Å². The molecule has 4 rings (SSSR count). The second-order valence-corrected chi connectivity index (χ2v) is 5.43. The molecule has 0 N–H and O–H groups in total. The van der Waals surface area contributed by atoms with Crippen LogP contribution in [0.15, 0.2) is 36.4 Å². The van der Waals surface area contributed by atoms with Gasteiger partial charge in [-0.1, -0.05) is 12.1 Å². The Morgan fingerprint density at radius 3 is 1.74 bits per heavy atom. The number of hydrogen-bond donors (Lipinski definition) is 0. The van der Waals surface area contributed by atoms with Crippen LogP contribution in [0.1, 0.15) is 19.3 Å². The molecule has 4 aromatic rings. The van der Waals surface area contributed by atoms with E-state index in [2.05, 4.69) is 31.1 Å². The van der Waals surface area contributed by atoms with Gasteiger partial charge in [0.05, 0.1) is 0 Å². The number of carbonyl (C=O) groups excluding carboxylic acids is 2. The lowest BCUT2D eigenvalue weighted by Gasteiger charge is -2.06. The Kier molecular flexibility index (Phi) is 4.35. The van der Waals surface area contributed by atoms with Crippen molar-refractivity contribution in [2.75, 3.05) is 0 Å². The van der Waals surface area contributed by atoms with E-state index in [1.165, 1.54) is 9.03 Å². The maximum absolute atomic E-state index is 12.0. The van der Waals surface area contributed by atoms with Gasteiger partial charge in [0.15, 0.2) is 11.3 Å². The van der Waals surface area contributed by atoms with E-state index < -0.39 is 11.9 Å². The first-order chi connectivity index (χ1) is 13.2. The summed E-state index contributed by atoms with van der Waals surface area (Å²) in [5.41, 5.74) is 0.918. The van der Waals surface area contributed by atoms with Gasteiger partial charge in [-0.2, -0.15) is 9.03 Å². The first-order valence-corrected chi connectivity index (χ1v) is 7.96. The molecule has 0 saturated carbocycles. The number of tetrazole rings is 2. The van der Waals surface area contributed by atoms with Crippen molar-refractivity contribution in [2.24, 2.45) is 0 Å². The molecule has 0 radical (unpaired) electrons. The molecule has 0 atom stereocenters. The number of hydrogen-bond acceptors (Lipinski definition) is 10. The highest BCUT2D eigenvalue weighted by atomic mass is 16.5. The summed E-state index contributed by atoms with van der Waals surface area (Å²) < 4.78 is 13.1. The average molecular weight is 368 g/mol. The molecular weight excluding hydrogens is 356 g/mol. The average Bonchev–Trinajstić information content (AvgIpc) is 3.32. The fourth-order valence-electron chi connectivity index (χ4n) is 2.35. The molecule has 0 aliphatic carbocycles. The molecular formula is C15H12N8O4. The molecule has 27 heavy (non-hydrogen) atoms. The van der Waals surface area contributed by atoms with Crippen LogP contribution in [0.5, 0.6) is 11.8 Å². The van der Waals surface area contributed by atoms with E-state index in [4.69, 9.17) is 9.47 Å². The molecule has 0 saturated heterocycles. The second kappa shape index (κ2) is 7.11. The number of rotatable bonds is 6. The Balaban J connectivity index is 1.29. The molecule has 0 unspecified atom stereocenters. The molecule has 136 valence electrons. The van der Waals surface area contributed by atoms with E-state index in [0.717, 1.165) is 0 Å². The maximum atomic E-state index is 12.0. The van der Waals surface area contributed by atoms with E-state index in [0.29, 0.717) is 11.3 Å². The van der Waals surface area contributed by atoms with Crippen LogP contribution in [0, 0.1) is 0 Å². The van der Waals surface area contributed by atoms with Crippen molar-refractivity contribution in [1.29, 1.82) is 0 Å². The first-order valence-electron chi connectivity index (χ1n) is 7.96. The largest absolute Gasteiger partial charge is 0.407 e. The number of ether oxygens (including phenoxy) is 2. The van der Waals surface area contributed by atoms with Gasteiger partial charge in [0, 0.05) is 25.0 Å². The Morgan fingerprint density at radius 2 is 1.26 bits per heavy atom. The van der Waals surface area contributed by atoms with Crippen molar-refractivity contribution >= 4 is 23.2 Å². The fraction of sp³-hybridized carbons (Fsp3) is 0.200. The maximum Gasteiger partial charge on any atom is 0.312 e. The van der Waals surface area contributed by atoms with E-state index in [-0.39, 0.29) is 31.0 Å². The van der Waals surface area contributed by atoms with Crippen molar-refractivity contribution in [3.63, 3.8) is 0 Å². The van der Waals surface area contributed by atoms with Gasteiger partial charge in [-0.25, -0.2) is 0 Å². The van der Waals surface area contributed by atoms with Crippen molar-refractivity contribution in [3.8, 4) is 11.8 Å². The molecule has 0 aliphatic rings. The van der Waals surface area contributed by atoms with Gasteiger partial charge in [-0.05, 0) is 39.4 Å². The van der Waals surface area contributed by atoms with Crippen LogP contribution < -0.4 is 9.47 Å². The zero-order valence-corrected chi connectivity index (χ0v) is 13.8. The van der Waals surface area contributed by atoms with E-state index in [1.807, 2.05) is 0 Å². The predicted octanol–water partition coefficient (Wildman–Crippen LogP) is 0.243. The summed E-state index contributed by atoms with van der Waals surface area (Å²) in [6, 6.07) is 9.85. The molecule has 0 aliphatic heterocycles. The summed E-state index contributed by atoms with van der Waals surface area (Å²) in [7, 11) is 0. The lowest BCUT2D eigenvalue weighted by atomic mass is 10.2. The highest BCUT2D eigenvalue weighted by molar-refractivity contribution is 5.75. The molecule has 4 heterocycles. The third-order valence-electron chi connectivity index (χ3n) is 3.57. The summed E-state index contributed by atoms with van der Waals surface area (Å²) in [6.45, 7) is 0. The Morgan fingerprint density at radius 1 is 0.778 bits per heavy atom. The minimum atomic E-state index is -0.506. The van der Waals surface area contributed by atoms with Gasteiger partial charge >= 0.3 is 11.9 Å². The summed E-state index contributed by atoms with van der Waals surface area (Å²) in [5, 5.41) is 22.0. The summed E-state index contributed by atoms with van der Waals surface area (Å²) in [6.07, 6.45) is 0.320. The minimum Gasteiger partial charge on any atom is -0.407 e. The highest BCUT2D eigenvalue weighted by Crippen LogP contribution is 2.14. The van der Waals surface area contributed by atoms with Gasteiger partial charge in [-0.3, -0.25) is 9.59 Å². The van der Waals surface area contributed by atoms with Crippen molar-refractivity contribution in [3.05, 3.63) is 36.4 Å². The van der Waals surface area contributed by atoms with Gasteiger partial charge < -0.3 is 9.47 Å². The smallest absolute Gasteiger partial charge is 0.312 e. The van der Waals surface area contributed by atoms with E-state index in [1.54, 1.807) is 36.4 Å². The molecule has 0 aromatic carbocycles. The number of carbonyl (C=O) groups is 2. The molecule has 0 spiro atoms. The number of pyridine rings is 2. The number of aromatic nitrogens is 8. The molecule has 0 amide bonds. The summed E-state index contributed by atoms with van der Waals surface area (Å²) in [4.78, 5) is 23.9. The third-order valence-corrected chi connectivity index (χ3v) is 3.57. The minimum absolute atomic E-state index is 0.0305. The quantitative estimate of drug-likeness (QED) is 0.435. The lowest BCUT2D eigenvalue weighted by molar-refractivity contribution is -0.136. The van der Waals surface area contributed by atoms with Crippen LogP contribution in [0.25, 0.3) is 11.3 Å². The first kappa shape index (κ1) is 16.5. The normalized spacial score (nSPS) is 11.0. The third kappa shape index (κ3) is 3.53.